The monoisotopic (exact) mass is 347 g/mol. The number of benzene rings is 1. The summed E-state index contributed by atoms with van der Waals surface area (Å²) in [6.45, 7) is 2.70. The van der Waals surface area contributed by atoms with E-state index in [2.05, 4.69) is 10.3 Å². The van der Waals surface area contributed by atoms with E-state index in [0.29, 0.717) is 18.7 Å². The van der Waals surface area contributed by atoms with E-state index in [0.717, 1.165) is 29.4 Å². The van der Waals surface area contributed by atoms with Gasteiger partial charge in [-0.15, -0.1) is 0 Å². The topological polar surface area (TPSA) is 79.4 Å². The summed E-state index contributed by atoms with van der Waals surface area (Å²) in [7, 11) is -3.23. The Bertz CT molecular complexity index is 880. The van der Waals surface area contributed by atoms with Crippen LogP contribution in [-0.4, -0.2) is 49.0 Å². The van der Waals surface area contributed by atoms with Crippen LogP contribution in [0.4, 0.5) is 0 Å². The molecule has 0 spiro atoms. The molecule has 1 aliphatic heterocycles. The number of carbonyl (C=O) groups excluding carboxylic acids is 1. The van der Waals surface area contributed by atoms with Crippen molar-refractivity contribution in [1.82, 2.24) is 14.6 Å². The normalized spacial score (nSPS) is 19.3. The molecule has 0 saturated carbocycles. The predicted octanol–water partition coefficient (Wildman–Crippen LogP) is 1.70. The van der Waals surface area contributed by atoms with Crippen molar-refractivity contribution in [2.75, 3.05) is 19.3 Å². The van der Waals surface area contributed by atoms with Crippen LogP contribution in [0.5, 0.6) is 0 Å². The number of nitrogens with zero attached hydrogens (tertiary/aromatic N) is 2. The molecule has 1 atom stereocenters. The number of rotatable bonds is 3. The Morgan fingerprint density at radius 1 is 1.33 bits per heavy atom. The molecule has 128 valence electrons. The Kier molecular flexibility index (Phi) is 4.56. The highest BCUT2D eigenvalue weighted by atomic mass is 32.2. The minimum atomic E-state index is -3.23. The summed E-state index contributed by atoms with van der Waals surface area (Å²) >= 11 is 0. The lowest BCUT2D eigenvalue weighted by Crippen LogP contribution is -2.49. The van der Waals surface area contributed by atoms with Gasteiger partial charge in [-0.25, -0.2) is 12.7 Å². The van der Waals surface area contributed by atoms with E-state index >= 15 is 0 Å². The van der Waals surface area contributed by atoms with Gasteiger partial charge >= 0.3 is 0 Å². The quantitative estimate of drug-likeness (QED) is 0.916. The molecule has 1 amide bonds. The summed E-state index contributed by atoms with van der Waals surface area (Å²) in [4.78, 5) is 17.2. The van der Waals surface area contributed by atoms with Crippen LogP contribution in [0.25, 0.3) is 10.9 Å². The van der Waals surface area contributed by atoms with Crippen molar-refractivity contribution in [3.63, 3.8) is 0 Å². The maximum Gasteiger partial charge on any atom is 0.252 e. The number of pyridine rings is 1. The number of sulfonamides is 1. The molecular formula is C17H21N3O3S. The number of aromatic nitrogens is 1. The molecule has 1 aromatic heterocycles. The van der Waals surface area contributed by atoms with Crippen molar-refractivity contribution in [1.29, 1.82) is 0 Å². The number of carbonyl (C=O) groups is 1. The number of hydrogen-bond acceptors (Lipinski definition) is 4. The van der Waals surface area contributed by atoms with E-state index in [1.165, 1.54) is 10.6 Å². The number of amides is 1. The minimum Gasteiger partial charge on any atom is -0.348 e. The number of para-hydroxylation sites is 1. The molecule has 1 aromatic carbocycles. The summed E-state index contributed by atoms with van der Waals surface area (Å²) in [5, 5.41) is 3.79. The summed E-state index contributed by atoms with van der Waals surface area (Å²) in [5.74, 6) is -0.183. The first-order valence-corrected chi connectivity index (χ1v) is 9.82. The Hall–Kier alpha value is -1.99. The van der Waals surface area contributed by atoms with Gasteiger partial charge < -0.3 is 5.32 Å². The summed E-state index contributed by atoms with van der Waals surface area (Å²) < 4.78 is 24.9. The first-order chi connectivity index (χ1) is 11.3. The van der Waals surface area contributed by atoms with Gasteiger partial charge in [-0.1, -0.05) is 18.2 Å². The third-order valence-corrected chi connectivity index (χ3v) is 5.55. The highest BCUT2D eigenvalue weighted by Crippen LogP contribution is 2.19. The van der Waals surface area contributed by atoms with E-state index < -0.39 is 10.0 Å². The lowest BCUT2D eigenvalue weighted by molar-refractivity contribution is 0.0923. The molecule has 24 heavy (non-hydrogen) atoms. The van der Waals surface area contributed by atoms with Crippen LogP contribution in [0.1, 0.15) is 28.9 Å². The first kappa shape index (κ1) is 16.9. The average molecular weight is 347 g/mol. The van der Waals surface area contributed by atoms with Gasteiger partial charge in [0, 0.05) is 30.2 Å². The molecule has 0 radical (unpaired) electrons. The van der Waals surface area contributed by atoms with Gasteiger partial charge in [-0.05, 0) is 31.9 Å². The van der Waals surface area contributed by atoms with Crippen molar-refractivity contribution in [3.8, 4) is 0 Å². The molecule has 1 fully saturated rings. The smallest absolute Gasteiger partial charge is 0.252 e. The average Bonchev–Trinajstić information content (AvgIpc) is 2.53. The fourth-order valence-corrected chi connectivity index (χ4v) is 4.03. The van der Waals surface area contributed by atoms with Gasteiger partial charge in [-0.2, -0.15) is 0 Å². The summed E-state index contributed by atoms with van der Waals surface area (Å²) in [6.07, 6.45) is 2.73. The lowest BCUT2D eigenvalue weighted by Gasteiger charge is -2.31. The van der Waals surface area contributed by atoms with Crippen molar-refractivity contribution >= 4 is 26.8 Å². The van der Waals surface area contributed by atoms with Crippen LogP contribution >= 0.6 is 0 Å². The largest absolute Gasteiger partial charge is 0.348 e. The number of hydrogen-bond donors (Lipinski definition) is 1. The SMILES string of the molecule is Cc1cc(C(=O)NC2CCCN(S(C)(=O)=O)C2)c2ccccc2n1. The van der Waals surface area contributed by atoms with Gasteiger partial charge in [0.05, 0.1) is 17.3 Å². The minimum absolute atomic E-state index is 0.173. The van der Waals surface area contributed by atoms with Gasteiger partial charge in [0.1, 0.15) is 0 Å². The van der Waals surface area contributed by atoms with Gasteiger partial charge in [0.2, 0.25) is 10.0 Å². The number of nitrogens with one attached hydrogen (secondary N) is 1. The second kappa shape index (κ2) is 6.49. The van der Waals surface area contributed by atoms with Gasteiger partial charge in [0.15, 0.2) is 0 Å². The molecular weight excluding hydrogens is 326 g/mol. The van der Waals surface area contributed by atoms with E-state index in [4.69, 9.17) is 0 Å². The van der Waals surface area contributed by atoms with E-state index in [1.807, 2.05) is 31.2 Å². The molecule has 1 unspecified atom stereocenters. The van der Waals surface area contributed by atoms with Crippen molar-refractivity contribution < 1.29 is 13.2 Å². The fraction of sp³-hybridized carbons (Fsp3) is 0.412. The Balaban J connectivity index is 1.83. The van der Waals surface area contributed by atoms with Gasteiger partial charge in [0.25, 0.3) is 5.91 Å². The van der Waals surface area contributed by atoms with E-state index in [-0.39, 0.29) is 11.9 Å². The number of piperidine rings is 1. The molecule has 6 nitrogen and oxygen atoms in total. The molecule has 1 aliphatic rings. The maximum absolute atomic E-state index is 12.7. The third-order valence-electron chi connectivity index (χ3n) is 4.28. The van der Waals surface area contributed by atoms with Crippen LogP contribution in [0, 0.1) is 6.92 Å². The molecule has 0 bridgehead atoms. The highest BCUT2D eigenvalue weighted by Gasteiger charge is 2.27. The Morgan fingerprint density at radius 3 is 2.83 bits per heavy atom. The summed E-state index contributed by atoms with van der Waals surface area (Å²) in [6, 6.07) is 9.12. The van der Waals surface area contributed by atoms with Crippen molar-refractivity contribution in [2.45, 2.75) is 25.8 Å². The molecule has 1 saturated heterocycles. The zero-order valence-corrected chi connectivity index (χ0v) is 14.6. The molecule has 3 rings (SSSR count). The number of fused-ring (bicyclic) bond motifs is 1. The molecule has 7 heteroatoms. The molecule has 0 aliphatic carbocycles. The zero-order chi connectivity index (χ0) is 17.3. The van der Waals surface area contributed by atoms with Crippen LogP contribution < -0.4 is 5.32 Å². The van der Waals surface area contributed by atoms with E-state index in [9.17, 15) is 13.2 Å². The van der Waals surface area contributed by atoms with Crippen LogP contribution in [-0.2, 0) is 10.0 Å². The molecule has 2 heterocycles. The second-order valence-corrected chi connectivity index (χ2v) is 8.24. The standard InChI is InChI=1S/C17H21N3O3S/c1-12-10-15(14-7-3-4-8-16(14)18-12)17(21)19-13-6-5-9-20(11-13)24(2,22)23/h3-4,7-8,10,13H,5-6,9,11H2,1-2H3,(H,19,21). The van der Waals surface area contributed by atoms with E-state index in [1.54, 1.807) is 6.07 Å². The Morgan fingerprint density at radius 2 is 2.08 bits per heavy atom. The highest BCUT2D eigenvalue weighted by molar-refractivity contribution is 7.88. The van der Waals surface area contributed by atoms with Crippen LogP contribution in [0.2, 0.25) is 0 Å². The van der Waals surface area contributed by atoms with Gasteiger partial charge in [-0.3, -0.25) is 9.78 Å². The second-order valence-electron chi connectivity index (χ2n) is 6.26. The Labute approximate surface area is 141 Å². The number of aryl methyl sites for hydroxylation is 1. The van der Waals surface area contributed by atoms with Crippen LogP contribution in [0.15, 0.2) is 30.3 Å². The molecule has 1 N–H and O–H groups in total. The van der Waals surface area contributed by atoms with Crippen molar-refractivity contribution in [2.24, 2.45) is 0 Å². The van der Waals surface area contributed by atoms with Crippen molar-refractivity contribution in [3.05, 3.63) is 41.6 Å². The molecule has 2 aromatic rings. The predicted molar refractivity (Wildman–Crippen MR) is 93.4 cm³/mol. The lowest BCUT2D eigenvalue weighted by atomic mass is 10.0. The fourth-order valence-electron chi connectivity index (χ4n) is 3.12. The maximum atomic E-state index is 12.7. The van der Waals surface area contributed by atoms with Crippen LogP contribution in [0.3, 0.4) is 0 Å². The summed E-state index contributed by atoms with van der Waals surface area (Å²) in [5.41, 5.74) is 2.14. The third kappa shape index (κ3) is 3.57. The zero-order valence-electron chi connectivity index (χ0n) is 13.8. The first-order valence-electron chi connectivity index (χ1n) is 7.97.